The number of ether oxygens (including phenoxy) is 3. The molecule has 0 atom stereocenters. The van der Waals surface area contributed by atoms with E-state index in [-0.39, 0.29) is 18.3 Å². The standard InChI is InChI=1S/C41H39Cl2N3O4.ClH/c1-30-6-14-35(15-7-30)48-25-20-31-8-10-33(11-9-31)28-45-21-23-46(24-22-45)41(47)19-13-32-12-17-39(38(43)26-32)50-40-18-16-36(27-44-40)49-29-34-4-2-3-5-37(34)42;/h2-19,26-27H,20-25,28-29H2,1H3;1H/b19-13+;. The van der Waals surface area contributed by atoms with Crippen molar-refractivity contribution < 1.29 is 19.0 Å². The summed E-state index contributed by atoms with van der Waals surface area (Å²) in [6.07, 6.45) is 5.83. The number of carbonyl (C=O) groups is 1. The number of rotatable bonds is 13. The maximum atomic E-state index is 13.0. The highest BCUT2D eigenvalue weighted by Crippen LogP contribution is 2.30. The van der Waals surface area contributed by atoms with Crippen molar-refractivity contribution in [2.24, 2.45) is 0 Å². The van der Waals surface area contributed by atoms with Gasteiger partial charge in [0.2, 0.25) is 11.8 Å². The van der Waals surface area contributed by atoms with E-state index in [1.54, 1.807) is 42.6 Å². The third-order valence-corrected chi connectivity index (χ3v) is 9.11. The van der Waals surface area contributed by atoms with Crippen molar-refractivity contribution in [1.82, 2.24) is 14.8 Å². The van der Waals surface area contributed by atoms with Crippen LogP contribution in [0.15, 0.2) is 115 Å². The van der Waals surface area contributed by atoms with E-state index in [9.17, 15) is 4.79 Å². The van der Waals surface area contributed by atoms with Gasteiger partial charge < -0.3 is 19.1 Å². The zero-order valence-electron chi connectivity index (χ0n) is 28.3. The van der Waals surface area contributed by atoms with Crippen LogP contribution in [0.4, 0.5) is 0 Å². The van der Waals surface area contributed by atoms with Gasteiger partial charge in [0.15, 0.2) is 0 Å². The molecule has 1 amide bonds. The van der Waals surface area contributed by atoms with Crippen molar-refractivity contribution in [2.45, 2.75) is 26.5 Å². The Morgan fingerprint density at radius 2 is 1.53 bits per heavy atom. The molecule has 264 valence electrons. The second-order valence-electron chi connectivity index (χ2n) is 12.2. The number of carbonyl (C=O) groups excluding carboxylic acids is 1. The van der Waals surface area contributed by atoms with Crippen LogP contribution in [0, 0.1) is 6.92 Å². The maximum absolute atomic E-state index is 13.0. The summed E-state index contributed by atoms with van der Waals surface area (Å²) in [7, 11) is 0. The van der Waals surface area contributed by atoms with Gasteiger partial charge in [-0.15, -0.1) is 12.4 Å². The first-order valence-corrected chi connectivity index (χ1v) is 17.4. The molecule has 0 spiro atoms. The number of piperazine rings is 1. The summed E-state index contributed by atoms with van der Waals surface area (Å²) in [6.45, 7) is 6.94. The number of nitrogens with zero attached hydrogens (tertiary/aromatic N) is 3. The minimum Gasteiger partial charge on any atom is -0.493 e. The van der Waals surface area contributed by atoms with Crippen LogP contribution in [-0.2, 0) is 24.4 Å². The molecule has 0 aliphatic carbocycles. The molecule has 51 heavy (non-hydrogen) atoms. The number of aromatic nitrogens is 1. The second-order valence-corrected chi connectivity index (χ2v) is 13.0. The molecule has 2 heterocycles. The molecule has 0 radical (unpaired) electrons. The summed E-state index contributed by atoms with van der Waals surface area (Å²) in [5.41, 5.74) is 5.44. The third-order valence-electron chi connectivity index (χ3n) is 8.44. The lowest BCUT2D eigenvalue weighted by Gasteiger charge is -2.34. The van der Waals surface area contributed by atoms with Crippen molar-refractivity contribution in [3.8, 4) is 23.1 Å². The zero-order chi connectivity index (χ0) is 34.7. The van der Waals surface area contributed by atoms with E-state index in [4.69, 9.17) is 37.4 Å². The number of hydrogen-bond acceptors (Lipinski definition) is 6. The van der Waals surface area contributed by atoms with E-state index >= 15 is 0 Å². The van der Waals surface area contributed by atoms with Gasteiger partial charge in [-0.3, -0.25) is 9.69 Å². The zero-order valence-corrected chi connectivity index (χ0v) is 30.7. The van der Waals surface area contributed by atoms with Crippen LogP contribution in [0.25, 0.3) is 6.08 Å². The van der Waals surface area contributed by atoms with Gasteiger partial charge in [0.05, 0.1) is 17.8 Å². The predicted molar refractivity (Wildman–Crippen MR) is 207 cm³/mol. The van der Waals surface area contributed by atoms with E-state index in [1.165, 1.54) is 16.7 Å². The molecule has 0 bridgehead atoms. The molecule has 1 saturated heterocycles. The molecule has 4 aromatic carbocycles. The normalized spacial score (nSPS) is 13.1. The number of amides is 1. The molecule has 7 nitrogen and oxygen atoms in total. The molecule has 10 heteroatoms. The Labute approximate surface area is 315 Å². The Morgan fingerprint density at radius 3 is 2.24 bits per heavy atom. The molecule has 1 aliphatic rings. The molecule has 1 aliphatic heterocycles. The second kappa shape index (κ2) is 18.6. The van der Waals surface area contributed by atoms with Crippen LogP contribution in [0.2, 0.25) is 10.0 Å². The minimum atomic E-state index is -0.0145. The lowest BCUT2D eigenvalue weighted by atomic mass is 10.1. The van der Waals surface area contributed by atoms with Crippen molar-refractivity contribution >= 4 is 47.6 Å². The molecular formula is C41H40Cl3N3O4. The largest absolute Gasteiger partial charge is 0.493 e. The van der Waals surface area contributed by atoms with Crippen LogP contribution in [0.1, 0.15) is 27.8 Å². The first kappa shape index (κ1) is 37.7. The Balaban J connectivity index is 0.00000504. The number of aryl methyl sites for hydroxylation is 1. The fraction of sp³-hybridized carbons (Fsp3) is 0.220. The van der Waals surface area contributed by atoms with Crippen molar-refractivity contribution in [3.05, 3.63) is 153 Å². The maximum Gasteiger partial charge on any atom is 0.246 e. The molecule has 1 aromatic heterocycles. The highest BCUT2D eigenvalue weighted by Gasteiger charge is 2.19. The summed E-state index contributed by atoms with van der Waals surface area (Å²) in [4.78, 5) is 21.6. The van der Waals surface area contributed by atoms with Crippen LogP contribution < -0.4 is 14.2 Å². The quantitative estimate of drug-likeness (QED) is 0.112. The molecule has 5 aromatic rings. The lowest BCUT2D eigenvalue weighted by Crippen LogP contribution is -2.47. The lowest BCUT2D eigenvalue weighted by molar-refractivity contribution is -0.127. The molecule has 1 fully saturated rings. The minimum absolute atomic E-state index is 0. The Morgan fingerprint density at radius 1 is 0.804 bits per heavy atom. The van der Waals surface area contributed by atoms with Crippen molar-refractivity contribution in [1.29, 1.82) is 0 Å². The Bertz CT molecular complexity index is 1890. The third kappa shape index (κ3) is 11.2. The highest BCUT2D eigenvalue weighted by molar-refractivity contribution is 6.32. The fourth-order valence-corrected chi connectivity index (χ4v) is 5.91. The molecule has 0 saturated carbocycles. The predicted octanol–water partition coefficient (Wildman–Crippen LogP) is 9.47. The van der Waals surface area contributed by atoms with Crippen LogP contribution >= 0.6 is 35.6 Å². The average molecular weight is 745 g/mol. The van der Waals surface area contributed by atoms with E-state index < -0.39 is 0 Å². The summed E-state index contributed by atoms with van der Waals surface area (Å²) in [5, 5.41) is 1.07. The van der Waals surface area contributed by atoms with E-state index in [0.29, 0.717) is 53.7 Å². The average Bonchev–Trinajstić information content (AvgIpc) is 3.14. The van der Waals surface area contributed by atoms with E-state index in [2.05, 4.69) is 53.2 Å². The van der Waals surface area contributed by atoms with E-state index in [0.717, 1.165) is 42.9 Å². The van der Waals surface area contributed by atoms with Gasteiger partial charge in [0.1, 0.15) is 23.9 Å². The van der Waals surface area contributed by atoms with Crippen LogP contribution in [0.5, 0.6) is 23.1 Å². The van der Waals surface area contributed by atoms with Gasteiger partial charge in [-0.1, -0.05) is 89.4 Å². The van der Waals surface area contributed by atoms with Gasteiger partial charge in [0.25, 0.3) is 0 Å². The topological polar surface area (TPSA) is 64.1 Å². The fourth-order valence-electron chi connectivity index (χ4n) is 5.50. The van der Waals surface area contributed by atoms with Gasteiger partial charge in [0, 0.05) is 61.9 Å². The van der Waals surface area contributed by atoms with Gasteiger partial charge in [-0.05, 0) is 66.1 Å². The Kier molecular flexibility index (Phi) is 13.8. The molecule has 0 unspecified atom stereocenters. The van der Waals surface area contributed by atoms with Crippen LogP contribution in [0.3, 0.4) is 0 Å². The Hall–Kier alpha value is -4.53. The first-order chi connectivity index (χ1) is 24.4. The first-order valence-electron chi connectivity index (χ1n) is 16.6. The number of pyridine rings is 1. The van der Waals surface area contributed by atoms with Gasteiger partial charge in [-0.25, -0.2) is 4.98 Å². The van der Waals surface area contributed by atoms with Crippen LogP contribution in [-0.4, -0.2) is 53.5 Å². The smallest absolute Gasteiger partial charge is 0.246 e. The molecule has 0 N–H and O–H groups in total. The van der Waals surface area contributed by atoms with Gasteiger partial charge >= 0.3 is 0 Å². The summed E-state index contributed by atoms with van der Waals surface area (Å²) in [5.74, 6) is 2.33. The number of benzene rings is 4. The molecule has 6 rings (SSSR count). The highest BCUT2D eigenvalue weighted by atomic mass is 35.5. The summed E-state index contributed by atoms with van der Waals surface area (Å²) < 4.78 is 17.5. The summed E-state index contributed by atoms with van der Waals surface area (Å²) in [6, 6.07) is 33.3. The monoisotopic (exact) mass is 743 g/mol. The SMILES string of the molecule is Cc1ccc(OCCc2ccc(CN3CCN(C(=O)/C=C/c4ccc(Oc5ccc(OCc6ccccc6Cl)cn5)c(Cl)c4)CC3)cc2)cc1.Cl. The summed E-state index contributed by atoms with van der Waals surface area (Å²) >= 11 is 12.7. The van der Waals surface area contributed by atoms with E-state index in [1.807, 2.05) is 47.4 Å². The number of halogens is 3. The molecular weight excluding hydrogens is 705 g/mol. The van der Waals surface area contributed by atoms with Crippen molar-refractivity contribution in [2.75, 3.05) is 32.8 Å². The van der Waals surface area contributed by atoms with Crippen molar-refractivity contribution in [3.63, 3.8) is 0 Å². The number of hydrogen-bond donors (Lipinski definition) is 0. The van der Waals surface area contributed by atoms with Gasteiger partial charge in [-0.2, -0.15) is 0 Å².